The average Bonchev–Trinajstić information content (AvgIpc) is 1.69. The van der Waals surface area contributed by atoms with Crippen LogP contribution in [-0.2, 0) is 0 Å². The molecule has 0 aromatic heterocycles. The minimum absolute atomic E-state index is 0. The Labute approximate surface area is 63.5 Å². The second kappa shape index (κ2) is 4.24. The topological polar surface area (TPSA) is 0 Å². The fourth-order valence-corrected chi connectivity index (χ4v) is 0.856. The van der Waals surface area contributed by atoms with Gasteiger partial charge in [0.15, 0.2) is 0 Å². The van der Waals surface area contributed by atoms with Crippen LogP contribution in [0.15, 0.2) is 12.2 Å². The molecule has 1 aliphatic rings. The van der Waals surface area contributed by atoms with Gasteiger partial charge in [-0.15, -0.1) is 0 Å². The summed E-state index contributed by atoms with van der Waals surface area (Å²) in [5.41, 5.74) is 0. The summed E-state index contributed by atoms with van der Waals surface area (Å²) in [7, 11) is 0. The standard InChI is InChI=1S/C7H11.Li/c1-7-5-3-2-4-6-7;/h2-3,7H,1,4-6H2;/q-1;+1. The van der Waals surface area contributed by atoms with Crippen LogP contribution in [-0.4, -0.2) is 0 Å². The van der Waals surface area contributed by atoms with Crippen molar-refractivity contribution in [2.75, 3.05) is 0 Å². The van der Waals surface area contributed by atoms with Crippen molar-refractivity contribution in [2.45, 2.75) is 19.3 Å². The number of hydrogen-bond acceptors (Lipinski definition) is 0. The monoisotopic (exact) mass is 102 g/mol. The van der Waals surface area contributed by atoms with Crippen LogP contribution < -0.4 is 18.9 Å². The molecule has 0 amide bonds. The summed E-state index contributed by atoms with van der Waals surface area (Å²) in [6.07, 6.45) is 8.19. The zero-order valence-corrected chi connectivity index (χ0v) is 5.56. The van der Waals surface area contributed by atoms with Crippen LogP contribution in [0.1, 0.15) is 19.3 Å². The molecule has 0 aromatic rings. The normalized spacial score (nSPS) is 26.9. The summed E-state index contributed by atoms with van der Waals surface area (Å²) in [6.45, 7) is 3.95. The van der Waals surface area contributed by atoms with E-state index in [4.69, 9.17) is 0 Å². The molecule has 0 aliphatic heterocycles. The Bertz CT molecular complexity index is 76.5. The first kappa shape index (κ1) is 8.34. The number of hydrogen-bond donors (Lipinski definition) is 0. The van der Waals surface area contributed by atoms with Crippen LogP contribution in [0.4, 0.5) is 0 Å². The molecule has 0 fully saturated rings. The molecule has 0 saturated carbocycles. The van der Waals surface area contributed by atoms with Crippen molar-refractivity contribution in [2.24, 2.45) is 5.92 Å². The van der Waals surface area contributed by atoms with Crippen LogP contribution in [0.3, 0.4) is 0 Å². The van der Waals surface area contributed by atoms with Gasteiger partial charge in [0.2, 0.25) is 0 Å². The van der Waals surface area contributed by atoms with E-state index in [1.54, 1.807) is 0 Å². The predicted octanol–water partition coefficient (Wildman–Crippen LogP) is -0.819. The number of allylic oxidation sites excluding steroid dienone is 2. The van der Waals surface area contributed by atoms with Crippen LogP contribution >= 0.6 is 0 Å². The molecule has 0 saturated heterocycles. The summed E-state index contributed by atoms with van der Waals surface area (Å²) in [4.78, 5) is 0. The molecule has 1 atom stereocenters. The Balaban J connectivity index is 0.000000490. The van der Waals surface area contributed by atoms with Gasteiger partial charge in [0.05, 0.1) is 0 Å². The van der Waals surface area contributed by atoms with Crippen molar-refractivity contribution in [3.05, 3.63) is 19.1 Å². The first-order valence-electron chi connectivity index (χ1n) is 2.87. The Kier molecular flexibility index (Phi) is 4.42. The zero-order valence-electron chi connectivity index (χ0n) is 5.56. The zero-order chi connectivity index (χ0) is 5.11. The van der Waals surface area contributed by atoms with Gasteiger partial charge in [0.1, 0.15) is 0 Å². The molecular weight excluding hydrogens is 91.0 g/mol. The van der Waals surface area contributed by atoms with E-state index in [2.05, 4.69) is 19.1 Å². The third-order valence-corrected chi connectivity index (χ3v) is 1.38. The molecule has 1 heteroatoms. The SMILES string of the molecule is [CH2-]C1CC=CCC1.[Li+]. The molecule has 0 spiro atoms. The Morgan fingerprint density at radius 3 is 2.38 bits per heavy atom. The fourth-order valence-electron chi connectivity index (χ4n) is 0.856. The fraction of sp³-hybridized carbons (Fsp3) is 0.571. The van der Waals surface area contributed by atoms with E-state index in [1.165, 1.54) is 19.3 Å². The third kappa shape index (κ3) is 2.60. The van der Waals surface area contributed by atoms with Crippen molar-refractivity contribution < 1.29 is 18.9 Å². The van der Waals surface area contributed by atoms with E-state index in [-0.39, 0.29) is 18.9 Å². The van der Waals surface area contributed by atoms with Gasteiger partial charge in [-0.1, -0.05) is 25.0 Å². The van der Waals surface area contributed by atoms with Crippen LogP contribution in [0.25, 0.3) is 0 Å². The molecule has 0 N–H and O–H groups in total. The van der Waals surface area contributed by atoms with Crippen LogP contribution in [0, 0.1) is 12.8 Å². The van der Waals surface area contributed by atoms with Gasteiger partial charge < -0.3 is 6.92 Å². The van der Waals surface area contributed by atoms with Crippen molar-refractivity contribution in [1.82, 2.24) is 0 Å². The minimum Gasteiger partial charge on any atom is -0.340 e. The molecule has 1 unspecified atom stereocenters. The molecule has 40 valence electrons. The van der Waals surface area contributed by atoms with Crippen molar-refractivity contribution in [1.29, 1.82) is 0 Å². The van der Waals surface area contributed by atoms with Gasteiger partial charge in [0.25, 0.3) is 0 Å². The first-order valence-corrected chi connectivity index (χ1v) is 2.87. The minimum atomic E-state index is 0. The molecular formula is C7H11Li. The molecule has 1 aliphatic carbocycles. The van der Waals surface area contributed by atoms with E-state index in [0.29, 0.717) is 5.92 Å². The van der Waals surface area contributed by atoms with Gasteiger partial charge >= 0.3 is 18.9 Å². The van der Waals surface area contributed by atoms with E-state index in [0.717, 1.165) is 0 Å². The Morgan fingerprint density at radius 1 is 1.38 bits per heavy atom. The molecule has 0 bridgehead atoms. The molecule has 0 nitrogen and oxygen atoms in total. The van der Waals surface area contributed by atoms with Gasteiger partial charge in [-0.2, -0.15) is 5.92 Å². The first-order chi connectivity index (χ1) is 3.39. The summed E-state index contributed by atoms with van der Waals surface area (Å²) in [5.74, 6) is 0.699. The maximum atomic E-state index is 3.95. The van der Waals surface area contributed by atoms with E-state index in [9.17, 15) is 0 Å². The quantitative estimate of drug-likeness (QED) is 0.213. The maximum absolute atomic E-state index is 3.95. The van der Waals surface area contributed by atoms with Crippen molar-refractivity contribution >= 4 is 0 Å². The number of rotatable bonds is 0. The molecule has 1 rings (SSSR count). The Morgan fingerprint density at radius 2 is 2.12 bits per heavy atom. The van der Waals surface area contributed by atoms with Crippen molar-refractivity contribution in [3.8, 4) is 0 Å². The second-order valence-electron chi connectivity index (χ2n) is 2.15. The Hall–Kier alpha value is 0.337. The summed E-state index contributed by atoms with van der Waals surface area (Å²) in [6, 6.07) is 0. The van der Waals surface area contributed by atoms with E-state index >= 15 is 0 Å². The van der Waals surface area contributed by atoms with Gasteiger partial charge in [-0.25, -0.2) is 0 Å². The molecule has 8 heavy (non-hydrogen) atoms. The third-order valence-electron chi connectivity index (χ3n) is 1.38. The maximum Gasteiger partial charge on any atom is 1.00 e. The molecule has 0 heterocycles. The second-order valence-corrected chi connectivity index (χ2v) is 2.15. The van der Waals surface area contributed by atoms with E-state index in [1.807, 2.05) is 0 Å². The van der Waals surface area contributed by atoms with Gasteiger partial charge in [-0.3, -0.25) is 0 Å². The predicted molar refractivity (Wildman–Crippen MR) is 31.8 cm³/mol. The average molecular weight is 102 g/mol. The smallest absolute Gasteiger partial charge is 0.340 e. The largest absolute Gasteiger partial charge is 1.00 e. The van der Waals surface area contributed by atoms with E-state index < -0.39 is 0 Å². The van der Waals surface area contributed by atoms with Crippen LogP contribution in [0.5, 0.6) is 0 Å². The summed E-state index contributed by atoms with van der Waals surface area (Å²) in [5, 5.41) is 0. The molecule has 0 aromatic carbocycles. The summed E-state index contributed by atoms with van der Waals surface area (Å²) >= 11 is 0. The van der Waals surface area contributed by atoms with Gasteiger partial charge in [-0.05, 0) is 6.42 Å². The van der Waals surface area contributed by atoms with Gasteiger partial charge in [0, 0.05) is 0 Å². The summed E-state index contributed by atoms with van der Waals surface area (Å²) < 4.78 is 0. The van der Waals surface area contributed by atoms with Crippen LogP contribution in [0.2, 0.25) is 0 Å². The van der Waals surface area contributed by atoms with Crippen molar-refractivity contribution in [3.63, 3.8) is 0 Å². The molecule has 0 radical (unpaired) electrons.